The number of aromatic nitrogens is 3. The summed E-state index contributed by atoms with van der Waals surface area (Å²) in [5, 5.41) is 9.64. The van der Waals surface area contributed by atoms with E-state index in [9.17, 15) is 9.59 Å². The summed E-state index contributed by atoms with van der Waals surface area (Å²) in [5.74, 6) is -1.50. The minimum atomic E-state index is -0.743. The van der Waals surface area contributed by atoms with Gasteiger partial charge in [0, 0.05) is 11.1 Å². The van der Waals surface area contributed by atoms with Crippen molar-refractivity contribution in [1.29, 1.82) is 0 Å². The highest BCUT2D eigenvalue weighted by atomic mass is 35.5. The summed E-state index contributed by atoms with van der Waals surface area (Å²) in [7, 11) is 0. The number of benzene rings is 2. The van der Waals surface area contributed by atoms with Gasteiger partial charge in [-0.3, -0.25) is 9.59 Å². The van der Waals surface area contributed by atoms with Gasteiger partial charge in [0.2, 0.25) is 5.91 Å². The van der Waals surface area contributed by atoms with E-state index in [1.807, 2.05) is 36.4 Å². The topological polar surface area (TPSA) is 131 Å². The molecule has 1 amide bonds. The maximum Gasteiger partial charge on any atom is 0.306 e. The molecule has 35 heavy (non-hydrogen) atoms. The van der Waals surface area contributed by atoms with Crippen LogP contribution in [-0.4, -0.2) is 38.0 Å². The molecule has 0 radical (unpaired) electrons. The lowest BCUT2D eigenvalue weighted by molar-refractivity contribution is -0.143. The number of rotatable bonds is 6. The molecule has 4 N–H and O–H groups in total. The molecule has 1 saturated carbocycles. The maximum atomic E-state index is 11.3. The number of pyridine rings is 1. The molecule has 0 spiro atoms. The van der Waals surface area contributed by atoms with Crippen LogP contribution < -0.4 is 10.5 Å². The van der Waals surface area contributed by atoms with Crippen molar-refractivity contribution in [2.45, 2.75) is 31.8 Å². The second kappa shape index (κ2) is 9.38. The van der Waals surface area contributed by atoms with E-state index in [2.05, 4.69) is 15.0 Å². The highest BCUT2D eigenvalue weighted by molar-refractivity contribution is 6.33. The Balaban J connectivity index is 1.33. The standard InChI is InChI=1S/C26H23ClN4O4/c27-20-13-21-24(31-26(29-21)35-19-11-9-18(10-12-19)25(33)34)30-22(20)16-5-1-14(2-6-16)15-3-7-17(8-4-15)23(28)32/h1-8,13,18-19H,9-12H2,(H2,28,32)(H,33,34)(H,29,30,31). The largest absolute Gasteiger partial charge is 0.481 e. The van der Waals surface area contributed by atoms with Crippen LogP contribution in [-0.2, 0) is 4.79 Å². The lowest BCUT2D eigenvalue weighted by Gasteiger charge is -2.25. The molecule has 8 nitrogen and oxygen atoms in total. The van der Waals surface area contributed by atoms with Crippen LogP contribution in [0.1, 0.15) is 36.0 Å². The Hall–Kier alpha value is -3.91. The predicted molar refractivity (Wildman–Crippen MR) is 132 cm³/mol. The summed E-state index contributed by atoms with van der Waals surface area (Å²) in [5.41, 5.74) is 10.3. The van der Waals surface area contributed by atoms with Crippen LogP contribution in [0.4, 0.5) is 0 Å². The quantitative estimate of drug-likeness (QED) is 0.346. The average molecular weight is 491 g/mol. The van der Waals surface area contributed by atoms with Crippen LogP contribution in [0.2, 0.25) is 5.02 Å². The Morgan fingerprint density at radius 2 is 1.54 bits per heavy atom. The summed E-state index contributed by atoms with van der Waals surface area (Å²) < 4.78 is 5.97. The number of amides is 1. The van der Waals surface area contributed by atoms with Gasteiger partial charge in [-0.05, 0) is 55.0 Å². The number of aromatic amines is 1. The van der Waals surface area contributed by atoms with Crippen LogP contribution in [0.5, 0.6) is 6.01 Å². The van der Waals surface area contributed by atoms with Gasteiger partial charge in [0.15, 0.2) is 5.65 Å². The molecule has 0 saturated heterocycles. The van der Waals surface area contributed by atoms with Crippen LogP contribution in [0.15, 0.2) is 54.6 Å². The second-order valence-corrected chi connectivity index (χ2v) is 9.09. The molecule has 0 atom stereocenters. The van der Waals surface area contributed by atoms with Crippen molar-refractivity contribution in [3.05, 3.63) is 65.2 Å². The molecular formula is C26H23ClN4O4. The summed E-state index contributed by atoms with van der Waals surface area (Å²) in [6.07, 6.45) is 2.46. The first-order valence-electron chi connectivity index (χ1n) is 11.3. The molecule has 2 aromatic heterocycles. The number of halogens is 1. The van der Waals surface area contributed by atoms with Crippen LogP contribution >= 0.6 is 11.6 Å². The molecule has 1 aliphatic rings. The van der Waals surface area contributed by atoms with Gasteiger partial charge in [0.05, 0.1) is 22.2 Å². The van der Waals surface area contributed by atoms with Crippen LogP contribution in [0.25, 0.3) is 33.5 Å². The Bertz CT molecular complexity index is 1390. The lowest BCUT2D eigenvalue weighted by atomic mass is 9.87. The van der Waals surface area contributed by atoms with Gasteiger partial charge in [-0.2, -0.15) is 4.98 Å². The molecule has 9 heteroatoms. The molecule has 0 unspecified atom stereocenters. The molecule has 1 fully saturated rings. The SMILES string of the molecule is NC(=O)c1ccc(-c2ccc(-c3nc4nc(OC5CCC(C(=O)O)CC5)[nH]c4cc3Cl)cc2)cc1. The highest BCUT2D eigenvalue weighted by Gasteiger charge is 2.27. The zero-order chi connectivity index (χ0) is 24.5. The number of nitrogens with zero attached hydrogens (tertiary/aromatic N) is 2. The molecule has 0 bridgehead atoms. The molecule has 2 heterocycles. The van der Waals surface area contributed by atoms with Gasteiger partial charge < -0.3 is 20.6 Å². The Kier molecular flexibility index (Phi) is 6.13. The number of nitrogens with two attached hydrogens (primary N) is 1. The number of carboxylic acid groups (broad SMARTS) is 1. The summed E-state index contributed by atoms with van der Waals surface area (Å²) in [6.45, 7) is 0. The number of nitrogens with one attached hydrogen (secondary N) is 1. The highest BCUT2D eigenvalue weighted by Crippen LogP contribution is 2.32. The minimum Gasteiger partial charge on any atom is -0.481 e. The van der Waals surface area contributed by atoms with Crippen LogP contribution in [0.3, 0.4) is 0 Å². The van der Waals surface area contributed by atoms with Crippen molar-refractivity contribution in [3.8, 4) is 28.4 Å². The number of fused-ring (bicyclic) bond motifs is 1. The average Bonchev–Trinajstić information content (AvgIpc) is 3.25. The monoisotopic (exact) mass is 490 g/mol. The van der Waals surface area contributed by atoms with Crippen molar-refractivity contribution >= 4 is 34.6 Å². The van der Waals surface area contributed by atoms with E-state index in [1.165, 1.54) is 0 Å². The Morgan fingerprint density at radius 3 is 2.14 bits per heavy atom. The first-order valence-corrected chi connectivity index (χ1v) is 11.7. The third-order valence-corrected chi connectivity index (χ3v) is 6.66. The number of H-pyrrole nitrogens is 1. The fourth-order valence-electron chi connectivity index (χ4n) is 4.39. The first kappa shape index (κ1) is 22.9. The van der Waals surface area contributed by atoms with E-state index < -0.39 is 11.9 Å². The molecule has 4 aromatic rings. The van der Waals surface area contributed by atoms with Crippen LogP contribution in [0, 0.1) is 5.92 Å². The summed E-state index contributed by atoms with van der Waals surface area (Å²) in [4.78, 5) is 34.7. The van der Waals surface area contributed by atoms with Gasteiger partial charge in [0.25, 0.3) is 6.01 Å². The zero-order valence-electron chi connectivity index (χ0n) is 18.7. The zero-order valence-corrected chi connectivity index (χ0v) is 19.5. The molecule has 178 valence electrons. The number of hydrogen-bond acceptors (Lipinski definition) is 5. The van der Waals surface area contributed by atoms with E-state index in [-0.39, 0.29) is 12.0 Å². The first-order chi connectivity index (χ1) is 16.9. The fraction of sp³-hybridized carbons (Fsp3) is 0.231. The third kappa shape index (κ3) is 4.83. The number of aliphatic carboxylic acids is 1. The lowest BCUT2D eigenvalue weighted by Crippen LogP contribution is -2.28. The van der Waals surface area contributed by atoms with Gasteiger partial charge in [-0.1, -0.05) is 48.0 Å². The number of carbonyl (C=O) groups excluding carboxylic acids is 1. The van der Waals surface area contributed by atoms with Gasteiger partial charge in [-0.25, -0.2) is 4.98 Å². The number of imidazole rings is 1. The van der Waals surface area contributed by atoms with Crippen molar-refractivity contribution in [2.75, 3.05) is 0 Å². The molecule has 2 aromatic carbocycles. The molecule has 5 rings (SSSR count). The molecule has 0 aliphatic heterocycles. The number of hydrogen-bond donors (Lipinski definition) is 3. The number of primary amides is 1. The summed E-state index contributed by atoms with van der Waals surface area (Å²) in [6, 6.07) is 17.0. The van der Waals surface area contributed by atoms with Gasteiger partial charge >= 0.3 is 5.97 Å². The van der Waals surface area contributed by atoms with E-state index >= 15 is 0 Å². The Morgan fingerprint density at radius 1 is 0.943 bits per heavy atom. The normalized spacial score (nSPS) is 17.9. The van der Waals surface area contributed by atoms with Crippen molar-refractivity contribution in [1.82, 2.24) is 15.0 Å². The van der Waals surface area contributed by atoms with Gasteiger partial charge in [0.1, 0.15) is 6.10 Å². The number of ether oxygens (including phenoxy) is 1. The Labute approximate surface area is 206 Å². The van der Waals surface area contributed by atoms with E-state index in [0.29, 0.717) is 59.1 Å². The second-order valence-electron chi connectivity index (χ2n) is 8.68. The van der Waals surface area contributed by atoms with Gasteiger partial charge in [-0.15, -0.1) is 0 Å². The van der Waals surface area contributed by atoms with E-state index in [4.69, 9.17) is 27.2 Å². The van der Waals surface area contributed by atoms with Crippen molar-refractivity contribution in [3.63, 3.8) is 0 Å². The minimum absolute atomic E-state index is 0.0781. The molecular weight excluding hydrogens is 468 g/mol. The third-order valence-electron chi connectivity index (χ3n) is 6.37. The number of carboxylic acids is 1. The number of carbonyl (C=O) groups is 2. The summed E-state index contributed by atoms with van der Waals surface area (Å²) >= 11 is 6.54. The maximum absolute atomic E-state index is 11.3. The fourth-order valence-corrected chi connectivity index (χ4v) is 4.65. The van der Waals surface area contributed by atoms with E-state index in [0.717, 1.165) is 16.7 Å². The smallest absolute Gasteiger partial charge is 0.306 e. The van der Waals surface area contributed by atoms with E-state index in [1.54, 1.807) is 18.2 Å². The van der Waals surface area contributed by atoms with Crippen molar-refractivity contribution in [2.24, 2.45) is 11.7 Å². The van der Waals surface area contributed by atoms with Crippen molar-refractivity contribution < 1.29 is 19.4 Å². The molecule has 1 aliphatic carbocycles. The predicted octanol–water partition coefficient (Wildman–Crippen LogP) is 5.07.